The highest BCUT2D eigenvalue weighted by molar-refractivity contribution is 5.48. The Morgan fingerprint density at radius 3 is 2.91 bits per heavy atom. The molecule has 56 valence electrons. The third-order valence-corrected chi connectivity index (χ3v) is 1.24. The minimum absolute atomic E-state index is 0.561. The van der Waals surface area contributed by atoms with Gasteiger partial charge in [-0.05, 0) is 6.92 Å². The van der Waals surface area contributed by atoms with Crippen LogP contribution in [0, 0.1) is 6.92 Å². The number of aromatic nitrogens is 3. The van der Waals surface area contributed by atoms with Gasteiger partial charge in [-0.1, -0.05) is 5.16 Å². The summed E-state index contributed by atoms with van der Waals surface area (Å²) in [6.07, 6.45) is 1.40. The highest BCUT2D eigenvalue weighted by atomic mass is 16.5. The monoisotopic (exact) mass is 151 g/mol. The molecular formula is C6H5N3O2. The van der Waals surface area contributed by atoms with E-state index in [1.807, 2.05) is 6.92 Å². The van der Waals surface area contributed by atoms with Gasteiger partial charge in [-0.25, -0.2) is 0 Å². The van der Waals surface area contributed by atoms with Crippen molar-refractivity contribution in [3.8, 4) is 11.5 Å². The summed E-state index contributed by atoms with van der Waals surface area (Å²) in [5.74, 6) is 0.573. The third-order valence-electron chi connectivity index (χ3n) is 1.24. The van der Waals surface area contributed by atoms with E-state index in [-0.39, 0.29) is 0 Å². The maximum Gasteiger partial charge on any atom is 0.190 e. The molecule has 0 radical (unpaired) electrons. The number of hydrogen-bond acceptors (Lipinski definition) is 5. The summed E-state index contributed by atoms with van der Waals surface area (Å²) in [5.41, 5.74) is 1.37. The molecule has 0 aliphatic carbocycles. The van der Waals surface area contributed by atoms with E-state index < -0.39 is 0 Å². The van der Waals surface area contributed by atoms with E-state index in [1.54, 1.807) is 6.07 Å². The van der Waals surface area contributed by atoms with Crippen LogP contribution < -0.4 is 0 Å². The van der Waals surface area contributed by atoms with Crippen molar-refractivity contribution in [3.63, 3.8) is 0 Å². The van der Waals surface area contributed by atoms with Crippen molar-refractivity contribution < 1.29 is 9.05 Å². The van der Waals surface area contributed by atoms with E-state index in [0.29, 0.717) is 11.5 Å². The van der Waals surface area contributed by atoms with E-state index in [0.717, 1.165) is 5.69 Å². The van der Waals surface area contributed by atoms with Gasteiger partial charge < -0.3 is 9.05 Å². The second-order valence-corrected chi connectivity index (χ2v) is 2.12. The molecule has 0 unspecified atom stereocenters. The first-order chi connectivity index (χ1) is 5.36. The van der Waals surface area contributed by atoms with Crippen molar-refractivity contribution in [1.29, 1.82) is 0 Å². The van der Waals surface area contributed by atoms with Crippen LogP contribution in [-0.2, 0) is 0 Å². The molecule has 0 fully saturated rings. The molecule has 11 heavy (non-hydrogen) atoms. The zero-order valence-corrected chi connectivity index (χ0v) is 5.81. The lowest BCUT2D eigenvalue weighted by atomic mass is 10.3. The standard InChI is InChI=1S/C6H5N3O2/c1-4-2-6(11-8-4)5-3-10-9-7-5/h2-3H,1H3. The Labute approximate surface area is 62.0 Å². The van der Waals surface area contributed by atoms with Crippen molar-refractivity contribution in [2.75, 3.05) is 0 Å². The van der Waals surface area contributed by atoms with Gasteiger partial charge in [0.1, 0.15) is 0 Å². The van der Waals surface area contributed by atoms with Crippen molar-refractivity contribution in [1.82, 2.24) is 15.5 Å². The number of nitrogens with zero attached hydrogens (tertiary/aromatic N) is 3. The van der Waals surface area contributed by atoms with Gasteiger partial charge in [-0.2, -0.15) is 0 Å². The van der Waals surface area contributed by atoms with Crippen LogP contribution in [0.5, 0.6) is 0 Å². The lowest BCUT2D eigenvalue weighted by Crippen LogP contribution is -1.71. The first-order valence-electron chi connectivity index (χ1n) is 3.07. The second kappa shape index (κ2) is 2.19. The van der Waals surface area contributed by atoms with Crippen LogP contribution in [-0.4, -0.2) is 15.5 Å². The fourth-order valence-corrected chi connectivity index (χ4v) is 0.756. The van der Waals surface area contributed by atoms with Crippen molar-refractivity contribution in [2.24, 2.45) is 0 Å². The van der Waals surface area contributed by atoms with E-state index in [9.17, 15) is 0 Å². The number of hydrogen-bond donors (Lipinski definition) is 0. The molecule has 0 saturated heterocycles. The quantitative estimate of drug-likeness (QED) is 0.609. The van der Waals surface area contributed by atoms with Crippen LogP contribution in [0.2, 0.25) is 0 Å². The number of aryl methyl sites for hydroxylation is 1. The molecule has 0 spiro atoms. The molecule has 5 heteroatoms. The van der Waals surface area contributed by atoms with E-state index in [1.165, 1.54) is 6.26 Å². The summed E-state index contributed by atoms with van der Waals surface area (Å²) in [5, 5.41) is 10.6. The van der Waals surface area contributed by atoms with Crippen LogP contribution in [0.1, 0.15) is 5.69 Å². The van der Waals surface area contributed by atoms with Gasteiger partial charge in [0, 0.05) is 11.3 Å². The summed E-state index contributed by atoms with van der Waals surface area (Å²) in [4.78, 5) is 0. The Morgan fingerprint density at radius 2 is 2.36 bits per heavy atom. The zero-order chi connectivity index (χ0) is 7.68. The van der Waals surface area contributed by atoms with Gasteiger partial charge in [0.15, 0.2) is 17.7 Å². The SMILES string of the molecule is Cc1cc(-c2conn2)on1. The lowest BCUT2D eigenvalue weighted by Gasteiger charge is -1.78. The fourth-order valence-electron chi connectivity index (χ4n) is 0.756. The van der Waals surface area contributed by atoms with Crippen molar-refractivity contribution >= 4 is 0 Å². The average Bonchev–Trinajstić information content (AvgIpc) is 2.55. The molecule has 0 bridgehead atoms. The Hall–Kier alpha value is -1.65. The lowest BCUT2D eigenvalue weighted by molar-refractivity contribution is 0.392. The molecule has 0 aromatic carbocycles. The van der Waals surface area contributed by atoms with E-state index in [2.05, 4.69) is 20.0 Å². The average molecular weight is 151 g/mol. The van der Waals surface area contributed by atoms with Gasteiger partial charge in [0.2, 0.25) is 0 Å². The maximum atomic E-state index is 4.90. The molecule has 2 aromatic rings. The van der Waals surface area contributed by atoms with Crippen molar-refractivity contribution in [3.05, 3.63) is 18.0 Å². The van der Waals surface area contributed by atoms with Crippen LogP contribution >= 0.6 is 0 Å². The predicted molar refractivity (Wildman–Crippen MR) is 34.5 cm³/mol. The van der Waals surface area contributed by atoms with Gasteiger partial charge in [0.25, 0.3) is 0 Å². The molecule has 0 atom stereocenters. The van der Waals surface area contributed by atoms with Gasteiger partial charge in [-0.3, -0.25) is 0 Å². The van der Waals surface area contributed by atoms with Gasteiger partial charge >= 0.3 is 0 Å². The van der Waals surface area contributed by atoms with Crippen LogP contribution in [0.4, 0.5) is 0 Å². The Kier molecular flexibility index (Phi) is 1.21. The van der Waals surface area contributed by atoms with Gasteiger partial charge in [-0.15, -0.1) is 5.10 Å². The maximum absolute atomic E-state index is 4.90. The fraction of sp³-hybridized carbons (Fsp3) is 0.167. The highest BCUT2D eigenvalue weighted by Crippen LogP contribution is 2.15. The summed E-state index contributed by atoms with van der Waals surface area (Å²) in [6, 6.07) is 1.76. The topological polar surface area (TPSA) is 65.0 Å². The molecular weight excluding hydrogens is 146 g/mol. The molecule has 0 amide bonds. The Morgan fingerprint density at radius 1 is 1.45 bits per heavy atom. The van der Waals surface area contributed by atoms with Crippen LogP contribution in [0.15, 0.2) is 21.4 Å². The predicted octanol–water partition coefficient (Wildman–Crippen LogP) is 1.03. The smallest absolute Gasteiger partial charge is 0.190 e. The Bertz CT molecular complexity index is 338. The van der Waals surface area contributed by atoms with Gasteiger partial charge in [0.05, 0.1) is 5.69 Å². The summed E-state index contributed by atoms with van der Waals surface area (Å²) >= 11 is 0. The first-order valence-corrected chi connectivity index (χ1v) is 3.07. The summed E-state index contributed by atoms with van der Waals surface area (Å²) in [6.45, 7) is 1.83. The minimum atomic E-state index is 0.561. The molecule has 2 heterocycles. The summed E-state index contributed by atoms with van der Waals surface area (Å²) in [7, 11) is 0. The highest BCUT2D eigenvalue weighted by Gasteiger charge is 2.06. The largest absolute Gasteiger partial charge is 0.354 e. The zero-order valence-electron chi connectivity index (χ0n) is 5.81. The van der Waals surface area contributed by atoms with Crippen LogP contribution in [0.25, 0.3) is 11.5 Å². The molecule has 5 nitrogen and oxygen atoms in total. The van der Waals surface area contributed by atoms with Crippen LogP contribution in [0.3, 0.4) is 0 Å². The normalized spacial score (nSPS) is 10.3. The Balaban J connectivity index is 2.45. The molecule has 2 rings (SSSR count). The van der Waals surface area contributed by atoms with E-state index in [4.69, 9.17) is 4.52 Å². The molecule has 0 aliphatic rings. The number of rotatable bonds is 1. The van der Waals surface area contributed by atoms with E-state index >= 15 is 0 Å². The second-order valence-electron chi connectivity index (χ2n) is 2.12. The third kappa shape index (κ3) is 1.000. The first kappa shape index (κ1) is 6.09. The minimum Gasteiger partial charge on any atom is -0.354 e. The molecule has 2 aromatic heterocycles. The molecule has 0 N–H and O–H groups in total. The molecule has 0 saturated carbocycles. The van der Waals surface area contributed by atoms with Crippen molar-refractivity contribution in [2.45, 2.75) is 6.92 Å². The molecule has 0 aliphatic heterocycles. The summed E-state index contributed by atoms with van der Waals surface area (Å²) < 4.78 is 9.43.